The van der Waals surface area contributed by atoms with Gasteiger partial charge in [0.1, 0.15) is 11.6 Å². The number of carbonyl (C=O) groups is 1. The van der Waals surface area contributed by atoms with E-state index in [1.54, 1.807) is 7.11 Å². The number of hydrogen-bond donors (Lipinski definition) is 1. The molecule has 34 heavy (non-hydrogen) atoms. The molecular formula is C27H31F3N2O2. The third-order valence-electron chi connectivity index (χ3n) is 7.12. The average Bonchev–Trinajstić information content (AvgIpc) is 2.86. The molecule has 2 aliphatic rings. The molecule has 7 heteroatoms. The molecule has 1 aliphatic carbocycles. The Kier molecular flexibility index (Phi) is 7.93. The molecule has 1 saturated heterocycles. The Morgan fingerprint density at radius 2 is 1.65 bits per heavy atom. The highest BCUT2D eigenvalue weighted by atomic mass is 19.2. The second-order valence-electron chi connectivity index (χ2n) is 9.19. The number of likely N-dealkylation sites (tertiary alicyclic amines) is 1. The van der Waals surface area contributed by atoms with Crippen molar-refractivity contribution in [3.05, 3.63) is 71.1 Å². The monoisotopic (exact) mass is 472 g/mol. The van der Waals surface area contributed by atoms with E-state index in [9.17, 15) is 18.0 Å². The second-order valence-corrected chi connectivity index (χ2v) is 9.19. The Hall–Kier alpha value is -2.80. The fourth-order valence-corrected chi connectivity index (χ4v) is 5.25. The van der Waals surface area contributed by atoms with Gasteiger partial charge < -0.3 is 15.0 Å². The van der Waals surface area contributed by atoms with Gasteiger partial charge in [-0.2, -0.15) is 0 Å². The molecule has 2 fully saturated rings. The van der Waals surface area contributed by atoms with E-state index in [4.69, 9.17) is 4.74 Å². The van der Waals surface area contributed by atoms with Crippen LogP contribution in [0.2, 0.25) is 0 Å². The van der Waals surface area contributed by atoms with Crippen molar-refractivity contribution < 1.29 is 22.7 Å². The smallest absolute Gasteiger partial charge is 0.244 e. The van der Waals surface area contributed by atoms with Crippen LogP contribution in [0.15, 0.2) is 42.5 Å². The van der Waals surface area contributed by atoms with E-state index in [0.29, 0.717) is 18.0 Å². The van der Waals surface area contributed by atoms with Gasteiger partial charge in [0.05, 0.1) is 7.11 Å². The summed E-state index contributed by atoms with van der Waals surface area (Å²) in [5.74, 6) is -2.16. The maximum Gasteiger partial charge on any atom is 0.244 e. The number of hydrogen-bond acceptors (Lipinski definition) is 3. The number of carbonyl (C=O) groups excluding carboxylic acids is 1. The molecular weight excluding hydrogens is 441 g/mol. The van der Waals surface area contributed by atoms with Crippen LogP contribution in [0.5, 0.6) is 5.75 Å². The van der Waals surface area contributed by atoms with Gasteiger partial charge >= 0.3 is 0 Å². The van der Waals surface area contributed by atoms with E-state index in [0.717, 1.165) is 63.4 Å². The molecule has 0 bridgehead atoms. The maximum absolute atomic E-state index is 13.7. The lowest BCUT2D eigenvalue weighted by atomic mass is 9.85. The molecule has 182 valence electrons. The maximum atomic E-state index is 13.7. The number of benzene rings is 2. The van der Waals surface area contributed by atoms with Crippen LogP contribution in [-0.2, 0) is 4.79 Å². The minimum absolute atomic E-state index is 0.0642. The van der Waals surface area contributed by atoms with Gasteiger partial charge in [0.25, 0.3) is 0 Å². The lowest BCUT2D eigenvalue weighted by Crippen LogP contribution is -2.46. The number of rotatable bonds is 6. The average molecular weight is 473 g/mol. The summed E-state index contributed by atoms with van der Waals surface area (Å²) >= 11 is 0. The first-order valence-corrected chi connectivity index (χ1v) is 11.9. The van der Waals surface area contributed by atoms with Crippen LogP contribution in [0.4, 0.5) is 13.2 Å². The SMILES string of the molecule is COc1ccccc1C1CCN(C2CCC(NC(=O)/C=C/c3cc(F)c(F)cc3F)CC2)CC1. The summed E-state index contributed by atoms with van der Waals surface area (Å²) in [7, 11) is 1.72. The number of nitrogens with one attached hydrogen (secondary N) is 1. The van der Waals surface area contributed by atoms with Gasteiger partial charge in [-0.05, 0) is 81.3 Å². The Bertz CT molecular complexity index is 1030. The fourth-order valence-electron chi connectivity index (χ4n) is 5.25. The van der Waals surface area contributed by atoms with Crippen LogP contribution in [0.25, 0.3) is 6.08 Å². The zero-order valence-corrected chi connectivity index (χ0v) is 19.4. The van der Waals surface area contributed by atoms with E-state index in [2.05, 4.69) is 22.3 Å². The van der Waals surface area contributed by atoms with Crippen molar-refractivity contribution in [2.24, 2.45) is 0 Å². The van der Waals surface area contributed by atoms with Crippen molar-refractivity contribution in [1.29, 1.82) is 0 Å². The summed E-state index contributed by atoms with van der Waals surface area (Å²) in [5.41, 5.74) is 1.14. The largest absolute Gasteiger partial charge is 0.496 e. The third-order valence-corrected chi connectivity index (χ3v) is 7.12. The Labute approximate surface area is 198 Å². The molecule has 0 radical (unpaired) electrons. The molecule has 1 amide bonds. The number of para-hydroxylation sites is 1. The molecule has 1 aliphatic heterocycles. The molecule has 4 rings (SSSR count). The van der Waals surface area contributed by atoms with Gasteiger partial charge in [-0.3, -0.25) is 4.79 Å². The number of piperidine rings is 1. The second kappa shape index (κ2) is 11.1. The third kappa shape index (κ3) is 5.81. The molecule has 0 aromatic heterocycles. The van der Waals surface area contributed by atoms with E-state index in [-0.39, 0.29) is 17.5 Å². The number of halogens is 3. The summed E-state index contributed by atoms with van der Waals surface area (Å²) in [6, 6.07) is 10.1. The summed E-state index contributed by atoms with van der Waals surface area (Å²) in [6.07, 6.45) is 8.38. The summed E-state index contributed by atoms with van der Waals surface area (Å²) < 4.78 is 45.6. The molecule has 1 N–H and O–H groups in total. The van der Waals surface area contributed by atoms with E-state index >= 15 is 0 Å². The highest BCUT2D eigenvalue weighted by Gasteiger charge is 2.30. The summed E-state index contributed by atoms with van der Waals surface area (Å²) in [4.78, 5) is 14.8. The molecule has 0 spiro atoms. The van der Waals surface area contributed by atoms with Gasteiger partial charge in [-0.15, -0.1) is 0 Å². The number of nitrogens with zero attached hydrogens (tertiary/aromatic N) is 1. The van der Waals surface area contributed by atoms with Gasteiger partial charge in [0.2, 0.25) is 5.91 Å². The quantitative estimate of drug-likeness (QED) is 0.450. The van der Waals surface area contributed by atoms with Crippen molar-refractivity contribution in [2.45, 2.75) is 56.5 Å². The van der Waals surface area contributed by atoms with Crippen molar-refractivity contribution in [1.82, 2.24) is 10.2 Å². The minimum Gasteiger partial charge on any atom is -0.496 e. The standard InChI is InChI=1S/C27H31F3N2O2/c1-34-26-5-3-2-4-22(26)18-12-14-32(15-13-18)21-9-7-20(8-10-21)31-27(33)11-6-19-16-24(29)25(30)17-23(19)28/h2-6,11,16-18,20-21H,7-10,12-15H2,1H3,(H,31,33)/b11-6+. The van der Waals surface area contributed by atoms with Crippen LogP contribution < -0.4 is 10.1 Å². The first-order chi connectivity index (χ1) is 16.4. The number of ether oxygens (including phenoxy) is 1. The van der Waals surface area contributed by atoms with Crippen LogP contribution >= 0.6 is 0 Å². The van der Waals surface area contributed by atoms with Gasteiger partial charge in [-0.25, -0.2) is 13.2 Å². The minimum atomic E-state index is -1.25. The first-order valence-electron chi connectivity index (χ1n) is 11.9. The predicted octanol–water partition coefficient (Wildman–Crippen LogP) is 5.43. The van der Waals surface area contributed by atoms with E-state index < -0.39 is 17.5 Å². The molecule has 4 nitrogen and oxygen atoms in total. The van der Waals surface area contributed by atoms with Crippen molar-refractivity contribution >= 4 is 12.0 Å². The lowest BCUT2D eigenvalue weighted by molar-refractivity contribution is -0.117. The predicted molar refractivity (Wildman–Crippen MR) is 126 cm³/mol. The van der Waals surface area contributed by atoms with Crippen LogP contribution in [-0.4, -0.2) is 43.1 Å². The summed E-state index contributed by atoms with van der Waals surface area (Å²) in [6.45, 7) is 2.12. The molecule has 1 saturated carbocycles. The van der Waals surface area contributed by atoms with E-state index in [1.165, 1.54) is 17.7 Å². The van der Waals surface area contributed by atoms with E-state index in [1.807, 2.05) is 12.1 Å². The van der Waals surface area contributed by atoms with Gasteiger partial charge in [0.15, 0.2) is 11.6 Å². The molecule has 0 atom stereocenters. The Balaban J connectivity index is 1.22. The van der Waals surface area contributed by atoms with Crippen molar-refractivity contribution in [3.8, 4) is 5.75 Å². The topological polar surface area (TPSA) is 41.6 Å². The number of amides is 1. The Morgan fingerprint density at radius 1 is 0.971 bits per heavy atom. The van der Waals surface area contributed by atoms with Crippen molar-refractivity contribution in [3.63, 3.8) is 0 Å². The van der Waals surface area contributed by atoms with Crippen LogP contribution in [0.3, 0.4) is 0 Å². The van der Waals surface area contributed by atoms with Gasteiger partial charge in [-0.1, -0.05) is 18.2 Å². The lowest BCUT2D eigenvalue weighted by Gasteiger charge is -2.41. The normalized spacial score (nSPS) is 22.1. The Morgan fingerprint density at radius 3 is 2.35 bits per heavy atom. The molecule has 2 aromatic rings. The summed E-state index contributed by atoms with van der Waals surface area (Å²) in [5, 5.41) is 2.95. The molecule has 0 unspecified atom stereocenters. The molecule has 2 aromatic carbocycles. The number of methoxy groups -OCH3 is 1. The highest BCUT2D eigenvalue weighted by Crippen LogP contribution is 2.36. The zero-order valence-electron chi connectivity index (χ0n) is 19.4. The molecule has 1 heterocycles. The van der Waals surface area contributed by atoms with Crippen molar-refractivity contribution in [2.75, 3.05) is 20.2 Å². The van der Waals surface area contributed by atoms with Crippen LogP contribution in [0, 0.1) is 17.5 Å². The first kappa shape index (κ1) is 24.3. The fraction of sp³-hybridized carbons (Fsp3) is 0.444. The zero-order chi connectivity index (χ0) is 24.1. The highest BCUT2D eigenvalue weighted by molar-refractivity contribution is 5.91. The van der Waals surface area contributed by atoms with Crippen LogP contribution in [0.1, 0.15) is 55.6 Å². The van der Waals surface area contributed by atoms with Gasteiger partial charge in [0, 0.05) is 29.8 Å².